The molecule has 3 aromatic rings. The number of anilines is 1. The number of amides is 2. The second kappa shape index (κ2) is 9.21. The third-order valence-electron chi connectivity index (χ3n) is 4.95. The van der Waals surface area contributed by atoms with Gasteiger partial charge >= 0.3 is 0 Å². The summed E-state index contributed by atoms with van der Waals surface area (Å²) in [5.41, 5.74) is 1.24. The first-order valence-electron chi connectivity index (χ1n) is 9.51. The first-order chi connectivity index (χ1) is 15.0. The largest absolute Gasteiger partial charge is 0.497 e. The molecule has 1 aliphatic heterocycles. The highest BCUT2D eigenvalue weighted by atomic mass is 35.5. The van der Waals surface area contributed by atoms with Gasteiger partial charge in [0.2, 0.25) is 11.0 Å². The first-order valence-corrected chi connectivity index (χ1v) is 11.1. The average Bonchev–Trinajstić information content (AvgIpc) is 3.45. The van der Waals surface area contributed by atoms with Crippen LogP contribution in [0.15, 0.2) is 42.5 Å². The molecule has 1 atom stereocenters. The fraction of sp³-hybridized carbons (Fsp3) is 0.238. The fourth-order valence-corrected chi connectivity index (χ4v) is 4.45. The lowest BCUT2D eigenvalue weighted by molar-refractivity contribution is -0.119. The second-order valence-electron chi connectivity index (χ2n) is 6.92. The zero-order chi connectivity index (χ0) is 22.0. The van der Waals surface area contributed by atoms with Gasteiger partial charge < -0.3 is 9.64 Å². The number of carbonyl (C=O) groups is 2. The van der Waals surface area contributed by atoms with E-state index in [2.05, 4.69) is 15.5 Å². The highest BCUT2D eigenvalue weighted by molar-refractivity contribution is 7.18. The zero-order valence-corrected chi connectivity index (χ0v) is 18.8. The third kappa shape index (κ3) is 4.66. The minimum Gasteiger partial charge on any atom is -0.497 e. The highest BCUT2D eigenvalue weighted by Crippen LogP contribution is 2.30. The zero-order valence-electron chi connectivity index (χ0n) is 16.5. The molecule has 7 nitrogen and oxygen atoms in total. The van der Waals surface area contributed by atoms with Crippen molar-refractivity contribution < 1.29 is 14.3 Å². The van der Waals surface area contributed by atoms with Gasteiger partial charge in [-0.1, -0.05) is 46.7 Å². The molecule has 2 aromatic carbocycles. The van der Waals surface area contributed by atoms with E-state index in [-0.39, 0.29) is 11.8 Å². The molecule has 1 saturated heterocycles. The molecule has 1 aliphatic rings. The van der Waals surface area contributed by atoms with E-state index in [1.165, 1.54) is 17.4 Å². The number of likely N-dealkylation sites (tertiary alicyclic amines) is 1. The summed E-state index contributed by atoms with van der Waals surface area (Å²) in [6, 6.07) is 11.5. The molecule has 1 aromatic heterocycles. The molecule has 4 rings (SSSR count). The maximum absolute atomic E-state index is 12.9. The van der Waals surface area contributed by atoms with Gasteiger partial charge in [-0.2, -0.15) is 0 Å². The third-order valence-corrected chi connectivity index (χ3v) is 6.58. The summed E-state index contributed by atoms with van der Waals surface area (Å²) >= 11 is 13.2. The molecule has 0 spiro atoms. The number of benzene rings is 2. The van der Waals surface area contributed by atoms with Crippen molar-refractivity contribution in [3.63, 3.8) is 0 Å². The normalized spacial score (nSPS) is 15.7. The van der Waals surface area contributed by atoms with Crippen LogP contribution in [0.25, 0.3) is 10.6 Å². The Morgan fingerprint density at radius 3 is 2.77 bits per heavy atom. The van der Waals surface area contributed by atoms with Crippen LogP contribution in [0, 0.1) is 0 Å². The molecule has 0 bridgehead atoms. The summed E-state index contributed by atoms with van der Waals surface area (Å²) in [6.07, 6.45) is 1.30. The van der Waals surface area contributed by atoms with Crippen LogP contribution < -0.4 is 10.1 Å². The Morgan fingerprint density at radius 2 is 2.00 bits per heavy atom. The van der Waals surface area contributed by atoms with E-state index in [0.29, 0.717) is 44.5 Å². The monoisotopic (exact) mass is 476 g/mol. The van der Waals surface area contributed by atoms with Gasteiger partial charge in [0.25, 0.3) is 5.91 Å². The molecule has 160 valence electrons. The number of carbonyl (C=O) groups excluding carboxylic acids is 2. The number of ether oxygens (including phenoxy) is 1. The maximum Gasteiger partial charge on any atom is 0.254 e. The molecular formula is C21H18Cl2N4O3S. The molecular weight excluding hydrogens is 459 g/mol. The summed E-state index contributed by atoms with van der Waals surface area (Å²) in [5.74, 6) is 0.158. The summed E-state index contributed by atoms with van der Waals surface area (Å²) in [5, 5.41) is 12.7. The van der Waals surface area contributed by atoms with Crippen LogP contribution in [0.5, 0.6) is 5.75 Å². The van der Waals surface area contributed by atoms with Gasteiger partial charge in [-0.05, 0) is 43.2 Å². The van der Waals surface area contributed by atoms with Crippen molar-refractivity contribution in [3.05, 3.63) is 58.1 Å². The van der Waals surface area contributed by atoms with E-state index in [1.807, 2.05) is 24.3 Å². The Kier molecular flexibility index (Phi) is 6.41. The Labute approximate surface area is 192 Å². The summed E-state index contributed by atoms with van der Waals surface area (Å²) in [4.78, 5) is 27.4. The lowest BCUT2D eigenvalue weighted by atomic mass is 10.1. The smallest absolute Gasteiger partial charge is 0.254 e. The number of halogens is 2. The summed E-state index contributed by atoms with van der Waals surface area (Å²) in [6.45, 7) is 0.488. The number of nitrogens with one attached hydrogen (secondary N) is 1. The molecule has 1 N–H and O–H groups in total. The maximum atomic E-state index is 12.9. The van der Waals surface area contributed by atoms with E-state index in [9.17, 15) is 9.59 Å². The Hall–Kier alpha value is -2.68. The first kappa shape index (κ1) is 21.5. The van der Waals surface area contributed by atoms with E-state index < -0.39 is 6.04 Å². The minimum atomic E-state index is -0.592. The Balaban J connectivity index is 1.47. The van der Waals surface area contributed by atoms with Gasteiger partial charge in [0.15, 0.2) is 0 Å². The van der Waals surface area contributed by atoms with Gasteiger partial charge in [-0.3, -0.25) is 14.9 Å². The Bertz CT molecular complexity index is 1140. The molecule has 2 amide bonds. The van der Waals surface area contributed by atoms with Crippen molar-refractivity contribution in [2.75, 3.05) is 19.0 Å². The topological polar surface area (TPSA) is 84.4 Å². The summed E-state index contributed by atoms with van der Waals surface area (Å²) < 4.78 is 5.23. The van der Waals surface area contributed by atoms with Gasteiger partial charge in [0, 0.05) is 17.7 Å². The van der Waals surface area contributed by atoms with Crippen LogP contribution >= 0.6 is 34.5 Å². The number of nitrogens with zero attached hydrogens (tertiary/aromatic N) is 3. The predicted octanol–water partition coefficient (Wildman–Crippen LogP) is 4.76. The summed E-state index contributed by atoms with van der Waals surface area (Å²) in [7, 11) is 1.59. The predicted molar refractivity (Wildman–Crippen MR) is 121 cm³/mol. The lowest BCUT2D eigenvalue weighted by Gasteiger charge is -2.23. The highest BCUT2D eigenvalue weighted by Gasteiger charge is 2.35. The van der Waals surface area contributed by atoms with Crippen molar-refractivity contribution in [1.29, 1.82) is 0 Å². The van der Waals surface area contributed by atoms with E-state index in [1.54, 1.807) is 24.1 Å². The van der Waals surface area contributed by atoms with Crippen molar-refractivity contribution in [3.8, 4) is 16.3 Å². The molecule has 0 radical (unpaired) electrons. The number of aromatic nitrogens is 2. The van der Waals surface area contributed by atoms with E-state index >= 15 is 0 Å². The van der Waals surface area contributed by atoms with Crippen LogP contribution in [-0.2, 0) is 4.79 Å². The fourth-order valence-electron chi connectivity index (χ4n) is 3.41. The van der Waals surface area contributed by atoms with E-state index in [4.69, 9.17) is 27.9 Å². The van der Waals surface area contributed by atoms with Gasteiger partial charge in [0.1, 0.15) is 16.8 Å². The Morgan fingerprint density at radius 1 is 1.16 bits per heavy atom. The lowest BCUT2D eigenvalue weighted by Crippen LogP contribution is -2.43. The molecule has 0 unspecified atom stereocenters. The SMILES string of the molecule is COc1cccc(-c2nnc(NC(=O)[C@@H]3CCCN3C(=O)c3ccc(Cl)c(Cl)c3)s2)c1. The van der Waals surface area contributed by atoms with Crippen molar-refractivity contribution in [1.82, 2.24) is 15.1 Å². The number of methoxy groups -OCH3 is 1. The standard InChI is InChI=1S/C21H18Cl2N4O3S/c1-30-14-5-2-4-12(10-14)19-25-26-21(31-19)24-18(28)17-6-3-9-27(17)20(29)13-7-8-15(22)16(23)11-13/h2,4-5,7-8,10-11,17H,3,6,9H2,1H3,(H,24,26,28)/t17-/m0/s1. The molecule has 2 heterocycles. The van der Waals surface area contributed by atoms with Crippen molar-refractivity contribution in [2.24, 2.45) is 0 Å². The van der Waals surface area contributed by atoms with Gasteiger partial charge in [-0.15, -0.1) is 10.2 Å². The van der Waals surface area contributed by atoms with Crippen LogP contribution in [0.1, 0.15) is 23.2 Å². The molecule has 1 fully saturated rings. The van der Waals surface area contributed by atoms with Crippen LogP contribution in [0.3, 0.4) is 0 Å². The minimum absolute atomic E-state index is 0.259. The molecule has 31 heavy (non-hydrogen) atoms. The molecule has 0 aliphatic carbocycles. The van der Waals surface area contributed by atoms with E-state index in [0.717, 1.165) is 12.0 Å². The number of hydrogen-bond acceptors (Lipinski definition) is 6. The molecule has 0 saturated carbocycles. The van der Waals surface area contributed by atoms with Crippen LogP contribution in [0.2, 0.25) is 10.0 Å². The van der Waals surface area contributed by atoms with Crippen molar-refractivity contribution >= 4 is 51.5 Å². The second-order valence-corrected chi connectivity index (χ2v) is 8.71. The molecule has 10 heteroatoms. The quantitative estimate of drug-likeness (QED) is 0.573. The number of hydrogen-bond donors (Lipinski definition) is 1. The average molecular weight is 477 g/mol. The van der Waals surface area contributed by atoms with Gasteiger partial charge in [0.05, 0.1) is 17.2 Å². The van der Waals surface area contributed by atoms with Crippen LogP contribution in [0.4, 0.5) is 5.13 Å². The van der Waals surface area contributed by atoms with Crippen molar-refractivity contribution in [2.45, 2.75) is 18.9 Å². The van der Waals surface area contributed by atoms with Gasteiger partial charge in [-0.25, -0.2) is 0 Å². The van der Waals surface area contributed by atoms with Crippen LogP contribution in [-0.4, -0.2) is 46.6 Å². The number of rotatable bonds is 5.